The highest BCUT2D eigenvalue weighted by atomic mass is 35.5. The van der Waals surface area contributed by atoms with Crippen molar-refractivity contribution in [3.63, 3.8) is 0 Å². The fraction of sp³-hybridized carbons (Fsp3) is 0.355. The van der Waals surface area contributed by atoms with Crippen LogP contribution in [0, 0.1) is 6.92 Å². The standard InChI is InChI=1S/C31H34Cl2F3N3O4S/c1-5-21(4)37-30(41)28(6-2)38(18-25-26(32)11-8-12-27(25)33)29(40)19-39(23-10-7-9-22(17-23)31(34,35)36)44(42,43)24-15-13-20(3)14-16-24/h7-17,21,28H,5-6,18-19H2,1-4H3,(H,37,41). The average Bonchev–Trinajstić information content (AvgIpc) is 2.96. The van der Waals surface area contributed by atoms with E-state index < -0.39 is 46.2 Å². The third-order valence-electron chi connectivity index (χ3n) is 7.13. The number of nitrogens with zero attached hydrogens (tertiary/aromatic N) is 2. The molecule has 0 spiro atoms. The van der Waals surface area contributed by atoms with Crippen molar-refractivity contribution < 1.29 is 31.2 Å². The summed E-state index contributed by atoms with van der Waals surface area (Å²) in [5, 5.41) is 3.28. The van der Waals surface area contributed by atoms with Crippen LogP contribution in [0.25, 0.3) is 0 Å². The van der Waals surface area contributed by atoms with Gasteiger partial charge in [-0.15, -0.1) is 0 Å². The summed E-state index contributed by atoms with van der Waals surface area (Å²) in [5.74, 6) is -1.33. The lowest BCUT2D eigenvalue weighted by Crippen LogP contribution is -2.53. The molecule has 44 heavy (non-hydrogen) atoms. The highest BCUT2D eigenvalue weighted by Crippen LogP contribution is 2.34. The third kappa shape index (κ3) is 8.46. The van der Waals surface area contributed by atoms with Gasteiger partial charge in [0, 0.05) is 28.2 Å². The van der Waals surface area contributed by atoms with E-state index in [0.717, 1.165) is 22.6 Å². The minimum atomic E-state index is -4.77. The van der Waals surface area contributed by atoms with Gasteiger partial charge in [-0.3, -0.25) is 13.9 Å². The molecule has 0 aliphatic carbocycles. The van der Waals surface area contributed by atoms with E-state index in [1.807, 2.05) is 6.92 Å². The number of sulfonamides is 1. The molecule has 2 unspecified atom stereocenters. The van der Waals surface area contributed by atoms with Crippen LogP contribution in [0.4, 0.5) is 18.9 Å². The molecule has 0 saturated carbocycles. The predicted octanol–water partition coefficient (Wildman–Crippen LogP) is 7.24. The Hall–Kier alpha value is -3.28. The monoisotopic (exact) mass is 671 g/mol. The summed E-state index contributed by atoms with van der Waals surface area (Å²) in [4.78, 5) is 28.5. The van der Waals surface area contributed by atoms with E-state index in [0.29, 0.717) is 22.4 Å². The predicted molar refractivity (Wildman–Crippen MR) is 166 cm³/mol. The molecule has 0 saturated heterocycles. The van der Waals surface area contributed by atoms with Crippen LogP contribution in [0.3, 0.4) is 0 Å². The number of carbonyl (C=O) groups is 2. The van der Waals surface area contributed by atoms with Crippen LogP contribution in [0.2, 0.25) is 10.0 Å². The molecule has 0 bridgehead atoms. The van der Waals surface area contributed by atoms with E-state index in [4.69, 9.17) is 23.2 Å². The first-order chi connectivity index (χ1) is 20.6. The van der Waals surface area contributed by atoms with Crippen LogP contribution in [0.15, 0.2) is 71.6 Å². The summed E-state index contributed by atoms with van der Waals surface area (Å²) in [6.45, 7) is 5.93. The van der Waals surface area contributed by atoms with Crippen molar-refractivity contribution in [1.29, 1.82) is 0 Å². The molecular formula is C31H34Cl2F3N3O4S. The van der Waals surface area contributed by atoms with Crippen molar-refractivity contribution in [1.82, 2.24) is 10.2 Å². The molecule has 2 amide bonds. The maximum atomic E-state index is 14.2. The van der Waals surface area contributed by atoms with E-state index in [9.17, 15) is 31.2 Å². The van der Waals surface area contributed by atoms with Gasteiger partial charge in [-0.05, 0) is 69.2 Å². The molecule has 3 rings (SSSR count). The smallest absolute Gasteiger partial charge is 0.352 e. The van der Waals surface area contributed by atoms with Crippen LogP contribution >= 0.6 is 23.2 Å². The maximum absolute atomic E-state index is 14.2. The number of aryl methyl sites for hydroxylation is 1. The number of alkyl halides is 3. The first-order valence-corrected chi connectivity index (χ1v) is 16.1. The SMILES string of the molecule is CCC(C)NC(=O)C(CC)N(Cc1c(Cl)cccc1Cl)C(=O)CN(c1cccc(C(F)(F)F)c1)S(=O)(=O)c1ccc(C)cc1. The average molecular weight is 673 g/mol. The molecule has 0 fully saturated rings. The number of hydrogen-bond donors (Lipinski definition) is 1. The van der Waals surface area contributed by atoms with Crippen molar-refractivity contribution in [2.24, 2.45) is 0 Å². The van der Waals surface area contributed by atoms with Gasteiger partial charge in [0.1, 0.15) is 12.6 Å². The van der Waals surface area contributed by atoms with E-state index >= 15 is 0 Å². The zero-order valence-electron chi connectivity index (χ0n) is 24.7. The van der Waals surface area contributed by atoms with E-state index in [1.54, 1.807) is 39.0 Å². The Labute approximate surface area is 266 Å². The summed E-state index contributed by atoms with van der Waals surface area (Å²) in [7, 11) is -4.56. The lowest BCUT2D eigenvalue weighted by atomic mass is 10.1. The summed E-state index contributed by atoms with van der Waals surface area (Å²) in [6.07, 6.45) is -4.01. The number of carbonyl (C=O) groups excluding carboxylic acids is 2. The number of hydrogen-bond acceptors (Lipinski definition) is 4. The van der Waals surface area contributed by atoms with Gasteiger partial charge in [0.05, 0.1) is 16.1 Å². The fourth-order valence-corrected chi connectivity index (χ4v) is 6.34. The number of halogens is 5. The molecule has 0 radical (unpaired) electrons. The second-order valence-electron chi connectivity index (χ2n) is 10.3. The molecule has 3 aromatic rings. The molecule has 13 heteroatoms. The van der Waals surface area contributed by atoms with Gasteiger partial charge in [-0.2, -0.15) is 13.2 Å². The van der Waals surface area contributed by atoms with Gasteiger partial charge in [-0.25, -0.2) is 8.42 Å². The topological polar surface area (TPSA) is 86.8 Å². The first-order valence-electron chi connectivity index (χ1n) is 13.9. The van der Waals surface area contributed by atoms with Crippen LogP contribution in [0.5, 0.6) is 0 Å². The number of amides is 2. The molecule has 0 aromatic heterocycles. The maximum Gasteiger partial charge on any atom is 0.416 e. The number of rotatable bonds is 12. The van der Waals surface area contributed by atoms with Crippen molar-refractivity contribution in [3.05, 3.63) is 93.5 Å². The Balaban J connectivity index is 2.16. The van der Waals surface area contributed by atoms with Gasteiger partial charge in [0.15, 0.2) is 0 Å². The lowest BCUT2D eigenvalue weighted by Gasteiger charge is -2.34. The van der Waals surface area contributed by atoms with Gasteiger partial charge in [0.2, 0.25) is 11.8 Å². The largest absolute Gasteiger partial charge is 0.416 e. The van der Waals surface area contributed by atoms with Crippen LogP contribution in [-0.4, -0.2) is 43.8 Å². The second kappa shape index (κ2) is 14.7. The zero-order chi connectivity index (χ0) is 32.8. The lowest BCUT2D eigenvalue weighted by molar-refractivity contribution is -0.140. The van der Waals surface area contributed by atoms with Crippen LogP contribution in [-0.2, 0) is 32.3 Å². The van der Waals surface area contributed by atoms with E-state index in [-0.39, 0.29) is 39.6 Å². The van der Waals surface area contributed by atoms with Crippen molar-refractivity contribution in [2.75, 3.05) is 10.8 Å². The van der Waals surface area contributed by atoms with Gasteiger partial charge < -0.3 is 10.2 Å². The Bertz CT molecular complexity index is 1560. The number of anilines is 1. The molecule has 0 aliphatic heterocycles. The summed E-state index contributed by atoms with van der Waals surface area (Å²) in [6, 6.07) is 12.8. The minimum Gasteiger partial charge on any atom is -0.352 e. The molecule has 3 aromatic carbocycles. The van der Waals surface area contributed by atoms with Gasteiger partial charge in [0.25, 0.3) is 10.0 Å². The Morgan fingerprint density at radius 2 is 1.52 bits per heavy atom. The molecule has 0 aliphatic rings. The van der Waals surface area contributed by atoms with Crippen molar-refractivity contribution in [3.8, 4) is 0 Å². The molecule has 7 nitrogen and oxygen atoms in total. The van der Waals surface area contributed by atoms with Crippen molar-refractivity contribution in [2.45, 2.75) is 70.2 Å². The highest BCUT2D eigenvalue weighted by Gasteiger charge is 2.36. The highest BCUT2D eigenvalue weighted by molar-refractivity contribution is 7.92. The zero-order valence-corrected chi connectivity index (χ0v) is 27.0. The Morgan fingerprint density at radius 1 is 0.932 bits per heavy atom. The fourth-order valence-electron chi connectivity index (χ4n) is 4.42. The molecule has 0 heterocycles. The van der Waals surface area contributed by atoms with Gasteiger partial charge in [-0.1, -0.05) is 66.9 Å². The van der Waals surface area contributed by atoms with E-state index in [2.05, 4.69) is 5.32 Å². The summed E-state index contributed by atoms with van der Waals surface area (Å²) in [5.41, 5.74) is -0.385. The molecular weight excluding hydrogens is 638 g/mol. The van der Waals surface area contributed by atoms with E-state index in [1.165, 1.54) is 30.3 Å². The Kier molecular flexibility index (Phi) is 11.7. The van der Waals surface area contributed by atoms with Gasteiger partial charge >= 0.3 is 6.18 Å². The molecule has 1 N–H and O–H groups in total. The number of nitrogens with one attached hydrogen (secondary N) is 1. The normalized spacial score (nSPS) is 13.2. The Morgan fingerprint density at radius 3 is 2.07 bits per heavy atom. The summed E-state index contributed by atoms with van der Waals surface area (Å²) < 4.78 is 69.5. The van der Waals surface area contributed by atoms with Crippen LogP contribution in [0.1, 0.15) is 50.3 Å². The van der Waals surface area contributed by atoms with Crippen LogP contribution < -0.4 is 9.62 Å². The second-order valence-corrected chi connectivity index (χ2v) is 13.0. The van der Waals surface area contributed by atoms with Crippen molar-refractivity contribution >= 4 is 50.7 Å². The third-order valence-corrected chi connectivity index (χ3v) is 9.62. The molecule has 2 atom stereocenters. The minimum absolute atomic E-state index is 0.143. The summed E-state index contributed by atoms with van der Waals surface area (Å²) >= 11 is 12.8. The first kappa shape index (κ1) is 35.2. The molecule has 238 valence electrons. The quantitative estimate of drug-likeness (QED) is 0.220. The number of benzene rings is 3.